The summed E-state index contributed by atoms with van der Waals surface area (Å²) in [6.07, 6.45) is 0. The Hall–Kier alpha value is -1.15. The lowest BCUT2D eigenvalue weighted by Gasteiger charge is -1.98. The minimum Gasteiger partial charge on any atom is -0.398 e. The van der Waals surface area contributed by atoms with Gasteiger partial charge in [-0.05, 0) is 11.5 Å². The van der Waals surface area contributed by atoms with Crippen molar-refractivity contribution in [1.29, 1.82) is 0 Å². The van der Waals surface area contributed by atoms with Gasteiger partial charge in [0.05, 0.1) is 0 Å². The summed E-state index contributed by atoms with van der Waals surface area (Å²) >= 11 is 0. The van der Waals surface area contributed by atoms with Crippen LogP contribution in [0.1, 0.15) is 0 Å². The Balaban J connectivity index is 0.000000720. The van der Waals surface area contributed by atoms with Crippen LogP contribution in [-0.4, -0.2) is 0 Å². The molecule has 0 bridgehead atoms. The third kappa shape index (κ3) is 1.38. The van der Waals surface area contributed by atoms with Gasteiger partial charge in [-0.2, -0.15) is 13.5 Å². The molecule has 0 fully saturated rings. The van der Waals surface area contributed by atoms with Gasteiger partial charge in [0, 0.05) is 11.1 Å². The molecular weight excluding hydrogens is 166 g/mol. The van der Waals surface area contributed by atoms with Crippen molar-refractivity contribution >= 4 is 30.0 Å². The van der Waals surface area contributed by atoms with Crippen LogP contribution in [0.25, 0.3) is 10.8 Å². The van der Waals surface area contributed by atoms with Gasteiger partial charge >= 0.3 is 0 Å². The molecule has 62 valence electrons. The molecule has 2 aromatic carbocycles. The Kier molecular flexibility index (Phi) is 2.61. The summed E-state index contributed by atoms with van der Waals surface area (Å²) in [7, 11) is 0. The molecule has 0 unspecified atom stereocenters. The fourth-order valence-corrected chi connectivity index (χ4v) is 1.25. The molecule has 2 heteroatoms. The maximum Gasteiger partial charge on any atom is 0.0393 e. The highest BCUT2D eigenvalue weighted by Gasteiger charge is 1.92. The van der Waals surface area contributed by atoms with Gasteiger partial charge in [-0.15, -0.1) is 0 Å². The van der Waals surface area contributed by atoms with Crippen LogP contribution in [0.15, 0.2) is 42.5 Å². The lowest BCUT2D eigenvalue weighted by molar-refractivity contribution is 1.73. The van der Waals surface area contributed by atoms with E-state index in [1.165, 1.54) is 5.39 Å². The molecule has 12 heavy (non-hydrogen) atoms. The van der Waals surface area contributed by atoms with Crippen LogP contribution in [0.2, 0.25) is 0 Å². The molecule has 0 radical (unpaired) electrons. The van der Waals surface area contributed by atoms with E-state index in [9.17, 15) is 0 Å². The fraction of sp³-hybridized carbons (Fsp3) is 0. The molecule has 0 heterocycles. The van der Waals surface area contributed by atoms with Crippen LogP contribution in [0.4, 0.5) is 5.69 Å². The van der Waals surface area contributed by atoms with Gasteiger partial charge < -0.3 is 5.73 Å². The monoisotopic (exact) mass is 177 g/mol. The van der Waals surface area contributed by atoms with Crippen LogP contribution in [0.5, 0.6) is 0 Å². The molecule has 2 N–H and O–H groups in total. The maximum absolute atomic E-state index is 5.76. The van der Waals surface area contributed by atoms with Crippen molar-refractivity contribution in [2.24, 2.45) is 0 Å². The zero-order valence-corrected chi connectivity index (χ0v) is 7.62. The summed E-state index contributed by atoms with van der Waals surface area (Å²) in [5.74, 6) is 0. The molecule has 0 atom stereocenters. The number of benzene rings is 2. The average molecular weight is 177 g/mol. The number of hydrogen-bond acceptors (Lipinski definition) is 1. The van der Waals surface area contributed by atoms with E-state index < -0.39 is 0 Å². The van der Waals surface area contributed by atoms with Gasteiger partial charge in [0.2, 0.25) is 0 Å². The first-order valence-corrected chi connectivity index (χ1v) is 3.61. The van der Waals surface area contributed by atoms with E-state index in [-0.39, 0.29) is 13.5 Å². The molecule has 1 nitrogen and oxygen atoms in total. The van der Waals surface area contributed by atoms with Crippen LogP contribution in [-0.2, 0) is 0 Å². The number of anilines is 1. The van der Waals surface area contributed by atoms with Crippen LogP contribution in [0, 0.1) is 0 Å². The van der Waals surface area contributed by atoms with E-state index in [0.29, 0.717) is 0 Å². The Morgan fingerprint density at radius 1 is 0.833 bits per heavy atom. The predicted octanol–water partition coefficient (Wildman–Crippen LogP) is 2.53. The average Bonchev–Trinajstić information content (AvgIpc) is 2.06. The first kappa shape index (κ1) is 8.94. The lowest BCUT2D eigenvalue weighted by atomic mass is 10.1. The minimum atomic E-state index is 0. The topological polar surface area (TPSA) is 26.0 Å². The summed E-state index contributed by atoms with van der Waals surface area (Å²) in [5.41, 5.74) is 6.61. The second-order valence-electron chi connectivity index (χ2n) is 2.57. The summed E-state index contributed by atoms with van der Waals surface area (Å²) in [6.45, 7) is 0. The molecule has 2 rings (SSSR count). The summed E-state index contributed by atoms with van der Waals surface area (Å²) in [4.78, 5) is 0. The zero-order chi connectivity index (χ0) is 7.68. The van der Waals surface area contributed by atoms with Crippen molar-refractivity contribution in [2.75, 3.05) is 5.73 Å². The molecule has 0 aliphatic carbocycles. The second-order valence-corrected chi connectivity index (χ2v) is 2.57. The van der Waals surface area contributed by atoms with Crippen molar-refractivity contribution in [3.8, 4) is 0 Å². The third-order valence-electron chi connectivity index (χ3n) is 1.82. The molecule has 0 aromatic heterocycles. The van der Waals surface area contributed by atoms with E-state index in [2.05, 4.69) is 12.1 Å². The van der Waals surface area contributed by atoms with Crippen LogP contribution < -0.4 is 5.73 Å². The molecule has 0 aliphatic rings. The number of nitrogens with two attached hydrogens (primary N) is 1. The first-order valence-electron chi connectivity index (χ1n) is 3.61. The van der Waals surface area contributed by atoms with E-state index in [0.717, 1.165) is 11.1 Å². The van der Waals surface area contributed by atoms with Crippen molar-refractivity contribution in [2.45, 2.75) is 0 Å². The van der Waals surface area contributed by atoms with Crippen molar-refractivity contribution in [3.63, 3.8) is 0 Å². The van der Waals surface area contributed by atoms with E-state index >= 15 is 0 Å². The summed E-state index contributed by atoms with van der Waals surface area (Å²) < 4.78 is 0. The largest absolute Gasteiger partial charge is 0.398 e. The van der Waals surface area contributed by atoms with Gasteiger partial charge in [-0.25, -0.2) is 0 Å². The SMILES string of the molecule is Nc1cccc2ccccc12.S. The molecule has 0 saturated heterocycles. The third-order valence-corrected chi connectivity index (χ3v) is 1.82. The van der Waals surface area contributed by atoms with Gasteiger partial charge in [0.1, 0.15) is 0 Å². The van der Waals surface area contributed by atoms with Crippen molar-refractivity contribution in [3.05, 3.63) is 42.5 Å². The van der Waals surface area contributed by atoms with Gasteiger partial charge in [-0.3, -0.25) is 0 Å². The Bertz CT molecular complexity index is 379. The molecular formula is C10H11NS. The smallest absolute Gasteiger partial charge is 0.0393 e. The molecule has 0 aliphatic heterocycles. The van der Waals surface area contributed by atoms with E-state index in [1.54, 1.807) is 0 Å². The predicted molar refractivity (Wildman–Crippen MR) is 58.7 cm³/mol. The molecule has 0 spiro atoms. The fourth-order valence-electron chi connectivity index (χ4n) is 1.25. The normalized spacial score (nSPS) is 9.33. The molecule has 0 saturated carbocycles. The lowest BCUT2D eigenvalue weighted by Crippen LogP contribution is -1.84. The summed E-state index contributed by atoms with van der Waals surface area (Å²) in [5, 5.41) is 2.34. The zero-order valence-electron chi connectivity index (χ0n) is 6.62. The van der Waals surface area contributed by atoms with Gasteiger partial charge in [-0.1, -0.05) is 36.4 Å². The van der Waals surface area contributed by atoms with E-state index in [4.69, 9.17) is 5.73 Å². The highest BCUT2D eigenvalue weighted by Crippen LogP contribution is 2.19. The quantitative estimate of drug-likeness (QED) is 0.615. The van der Waals surface area contributed by atoms with E-state index in [1.807, 2.05) is 30.3 Å². The molecule has 2 aromatic rings. The highest BCUT2D eigenvalue weighted by molar-refractivity contribution is 7.59. The maximum atomic E-state index is 5.76. The first-order chi connectivity index (χ1) is 5.38. The minimum absolute atomic E-state index is 0. The number of rotatable bonds is 0. The van der Waals surface area contributed by atoms with Crippen molar-refractivity contribution in [1.82, 2.24) is 0 Å². The number of fused-ring (bicyclic) bond motifs is 1. The number of nitrogen functional groups attached to an aromatic ring is 1. The number of hydrogen-bond donors (Lipinski definition) is 1. The van der Waals surface area contributed by atoms with Crippen LogP contribution >= 0.6 is 13.5 Å². The standard InChI is InChI=1S/C10H9N.H2S/c11-10-7-3-5-8-4-1-2-6-9(8)10;/h1-7H,11H2;1H2. The molecule has 0 amide bonds. The van der Waals surface area contributed by atoms with Gasteiger partial charge in [0.15, 0.2) is 0 Å². The second kappa shape index (κ2) is 3.50. The highest BCUT2D eigenvalue weighted by atomic mass is 32.1. The van der Waals surface area contributed by atoms with Crippen LogP contribution in [0.3, 0.4) is 0 Å². The summed E-state index contributed by atoms with van der Waals surface area (Å²) in [6, 6.07) is 14.1. The Labute approximate surface area is 78.6 Å². The van der Waals surface area contributed by atoms with Crippen molar-refractivity contribution < 1.29 is 0 Å². The Morgan fingerprint density at radius 3 is 2.25 bits per heavy atom. The Morgan fingerprint density at radius 2 is 1.50 bits per heavy atom. The van der Waals surface area contributed by atoms with Gasteiger partial charge in [0.25, 0.3) is 0 Å².